The van der Waals surface area contributed by atoms with Gasteiger partial charge >= 0.3 is 16.1 Å². The average molecular weight is 424 g/mol. The molecule has 0 saturated carbocycles. The molecule has 0 radical (unpaired) electrons. The van der Waals surface area contributed by atoms with Crippen molar-refractivity contribution in [2.45, 2.75) is 4.90 Å². The molecule has 3 aromatic carbocycles. The number of nitro benzene ring substituents is 1. The fourth-order valence-corrected chi connectivity index (χ4v) is 3.35. The first kappa shape index (κ1) is 20.5. The first-order chi connectivity index (χ1) is 14.3. The van der Waals surface area contributed by atoms with Gasteiger partial charge in [0.1, 0.15) is 22.5 Å². The van der Waals surface area contributed by atoms with E-state index in [2.05, 4.69) is 0 Å². The van der Waals surface area contributed by atoms with E-state index in [0.717, 1.165) is 12.1 Å². The van der Waals surface area contributed by atoms with Gasteiger partial charge in [0.2, 0.25) is 0 Å². The Labute approximate surface area is 171 Å². The summed E-state index contributed by atoms with van der Waals surface area (Å²) >= 11 is 0. The van der Waals surface area contributed by atoms with Crippen LogP contribution in [0.4, 0.5) is 5.69 Å². The first-order valence-electron chi connectivity index (χ1n) is 8.30. The molecule has 10 heteroatoms. The van der Waals surface area contributed by atoms with Crippen molar-refractivity contribution in [3.8, 4) is 17.6 Å². The zero-order valence-corrected chi connectivity index (χ0v) is 15.9. The van der Waals surface area contributed by atoms with Gasteiger partial charge in [-0.2, -0.15) is 13.7 Å². The molecule has 0 aromatic heterocycles. The van der Waals surface area contributed by atoms with Gasteiger partial charge in [0.05, 0.1) is 16.1 Å². The van der Waals surface area contributed by atoms with Crippen LogP contribution in [0.2, 0.25) is 0 Å². The summed E-state index contributed by atoms with van der Waals surface area (Å²) in [5.74, 6) is -0.750. The van der Waals surface area contributed by atoms with E-state index in [4.69, 9.17) is 14.2 Å². The van der Waals surface area contributed by atoms with Crippen molar-refractivity contribution < 1.29 is 27.1 Å². The molecule has 30 heavy (non-hydrogen) atoms. The zero-order chi connectivity index (χ0) is 21.7. The van der Waals surface area contributed by atoms with Crippen molar-refractivity contribution in [1.82, 2.24) is 0 Å². The Morgan fingerprint density at radius 3 is 2.37 bits per heavy atom. The molecule has 9 nitrogen and oxygen atoms in total. The van der Waals surface area contributed by atoms with Crippen molar-refractivity contribution in [3.63, 3.8) is 0 Å². The van der Waals surface area contributed by atoms with Crippen molar-refractivity contribution in [2.75, 3.05) is 0 Å². The topological polar surface area (TPSA) is 137 Å². The Kier molecular flexibility index (Phi) is 5.75. The van der Waals surface area contributed by atoms with Crippen molar-refractivity contribution >= 4 is 21.8 Å². The molecule has 0 aliphatic rings. The lowest BCUT2D eigenvalue weighted by Crippen LogP contribution is -2.11. The van der Waals surface area contributed by atoms with Gasteiger partial charge in [0, 0.05) is 12.1 Å². The van der Waals surface area contributed by atoms with Gasteiger partial charge in [-0.05, 0) is 42.5 Å². The highest BCUT2D eigenvalue weighted by atomic mass is 32.2. The lowest BCUT2D eigenvalue weighted by atomic mass is 10.2. The molecule has 0 amide bonds. The van der Waals surface area contributed by atoms with Gasteiger partial charge < -0.3 is 8.92 Å². The lowest BCUT2D eigenvalue weighted by molar-refractivity contribution is -0.385. The largest absolute Gasteiger partial charge is 0.422 e. The molecule has 3 rings (SSSR count). The Balaban J connectivity index is 1.75. The molecule has 0 heterocycles. The van der Waals surface area contributed by atoms with E-state index in [9.17, 15) is 23.3 Å². The van der Waals surface area contributed by atoms with Gasteiger partial charge in [0.15, 0.2) is 0 Å². The summed E-state index contributed by atoms with van der Waals surface area (Å²) < 4.78 is 34.8. The third-order valence-corrected chi connectivity index (χ3v) is 5.07. The summed E-state index contributed by atoms with van der Waals surface area (Å²) in [4.78, 5) is 22.0. The molecular formula is C20H12N2O7S. The highest BCUT2D eigenvalue weighted by molar-refractivity contribution is 7.87. The number of esters is 1. The number of non-ortho nitro benzene ring substituents is 1. The van der Waals surface area contributed by atoms with E-state index in [-0.39, 0.29) is 27.5 Å². The van der Waals surface area contributed by atoms with E-state index in [1.54, 1.807) is 12.1 Å². The Bertz CT molecular complexity index is 1260. The first-order valence-corrected chi connectivity index (χ1v) is 9.71. The number of nitrogens with zero attached hydrogens (tertiary/aromatic N) is 2. The summed E-state index contributed by atoms with van der Waals surface area (Å²) in [5, 5.41) is 19.9. The number of para-hydroxylation sites is 1. The average Bonchev–Trinajstić information content (AvgIpc) is 2.74. The number of rotatable bonds is 6. The van der Waals surface area contributed by atoms with E-state index in [0.29, 0.717) is 0 Å². The Hall–Kier alpha value is -4.23. The molecule has 0 saturated heterocycles. The summed E-state index contributed by atoms with van der Waals surface area (Å²) in [6, 6.07) is 17.6. The summed E-state index contributed by atoms with van der Waals surface area (Å²) in [6.07, 6.45) is 0. The fourth-order valence-electron chi connectivity index (χ4n) is 2.38. The van der Waals surface area contributed by atoms with Gasteiger partial charge in [0.25, 0.3) is 5.69 Å². The molecule has 0 spiro atoms. The molecule has 0 atom stereocenters. The predicted molar refractivity (Wildman–Crippen MR) is 103 cm³/mol. The minimum Gasteiger partial charge on any atom is -0.422 e. The van der Waals surface area contributed by atoms with Crippen LogP contribution in [0, 0.1) is 21.4 Å². The monoisotopic (exact) mass is 424 g/mol. The number of nitro groups is 1. The maximum atomic E-state index is 12.3. The van der Waals surface area contributed by atoms with Crippen LogP contribution in [-0.2, 0) is 10.1 Å². The molecule has 3 aromatic rings. The van der Waals surface area contributed by atoms with E-state index in [1.807, 2.05) is 6.07 Å². The third-order valence-electron chi connectivity index (χ3n) is 3.82. The van der Waals surface area contributed by atoms with Crippen LogP contribution in [0.1, 0.15) is 15.9 Å². The number of hydrogen-bond donors (Lipinski definition) is 0. The van der Waals surface area contributed by atoms with E-state index in [1.165, 1.54) is 48.5 Å². The minimum absolute atomic E-state index is 0.0959. The molecule has 0 aliphatic heterocycles. The van der Waals surface area contributed by atoms with E-state index < -0.39 is 26.7 Å². The molecule has 0 N–H and O–H groups in total. The molecule has 0 fully saturated rings. The van der Waals surface area contributed by atoms with Crippen LogP contribution in [0.3, 0.4) is 0 Å². The normalized spacial score (nSPS) is 10.6. The molecule has 0 bridgehead atoms. The third kappa shape index (κ3) is 4.60. The Morgan fingerprint density at radius 2 is 1.70 bits per heavy atom. The van der Waals surface area contributed by atoms with Gasteiger partial charge in [-0.3, -0.25) is 10.1 Å². The van der Waals surface area contributed by atoms with Crippen LogP contribution >= 0.6 is 0 Å². The summed E-state index contributed by atoms with van der Waals surface area (Å²) in [6.45, 7) is 0. The maximum absolute atomic E-state index is 12.3. The SMILES string of the molecule is N#Cc1ccccc1OC(=O)c1ccc(OS(=O)(=O)c2cccc([N+](=O)[O-])c2)cc1. The lowest BCUT2D eigenvalue weighted by Gasteiger charge is -2.08. The van der Waals surface area contributed by atoms with Crippen molar-refractivity contribution in [1.29, 1.82) is 5.26 Å². The van der Waals surface area contributed by atoms with Crippen LogP contribution in [0.15, 0.2) is 77.7 Å². The van der Waals surface area contributed by atoms with Crippen LogP contribution in [-0.4, -0.2) is 19.3 Å². The standard InChI is InChI=1S/C20H12N2O7S/c21-13-15-4-1-2-7-19(15)28-20(23)14-8-10-17(11-9-14)29-30(26,27)18-6-3-5-16(12-18)22(24)25/h1-12H. The maximum Gasteiger partial charge on any atom is 0.343 e. The predicted octanol–water partition coefficient (Wildman–Crippen LogP) is 3.45. The number of benzene rings is 3. The van der Waals surface area contributed by atoms with Gasteiger partial charge in [-0.25, -0.2) is 4.79 Å². The summed E-state index contributed by atoms with van der Waals surface area (Å²) in [5.41, 5.74) is -0.105. The number of hydrogen-bond acceptors (Lipinski definition) is 8. The zero-order valence-electron chi connectivity index (χ0n) is 15.1. The molecule has 150 valence electrons. The highest BCUT2D eigenvalue weighted by Gasteiger charge is 2.20. The second kappa shape index (κ2) is 8.42. The fraction of sp³-hybridized carbons (Fsp3) is 0. The van der Waals surface area contributed by atoms with Gasteiger partial charge in [-0.1, -0.05) is 18.2 Å². The second-order valence-corrected chi connectivity index (χ2v) is 7.36. The minimum atomic E-state index is -4.32. The summed E-state index contributed by atoms with van der Waals surface area (Å²) in [7, 11) is -4.32. The van der Waals surface area contributed by atoms with Crippen molar-refractivity contribution in [3.05, 3.63) is 94.0 Å². The Morgan fingerprint density at radius 1 is 1.00 bits per heavy atom. The smallest absolute Gasteiger partial charge is 0.343 e. The van der Waals surface area contributed by atoms with E-state index >= 15 is 0 Å². The molecular weight excluding hydrogens is 412 g/mol. The van der Waals surface area contributed by atoms with Gasteiger partial charge in [-0.15, -0.1) is 0 Å². The number of ether oxygens (including phenoxy) is 1. The van der Waals surface area contributed by atoms with Crippen LogP contribution in [0.5, 0.6) is 11.5 Å². The highest BCUT2D eigenvalue weighted by Crippen LogP contribution is 2.23. The van der Waals surface area contributed by atoms with Crippen molar-refractivity contribution in [2.24, 2.45) is 0 Å². The molecule has 0 unspecified atom stereocenters. The van der Waals surface area contributed by atoms with Crippen LogP contribution in [0.25, 0.3) is 0 Å². The van der Waals surface area contributed by atoms with Crippen LogP contribution < -0.4 is 8.92 Å². The molecule has 0 aliphatic carbocycles. The quantitative estimate of drug-likeness (QED) is 0.193. The number of carbonyl (C=O) groups excluding carboxylic acids is 1. The second-order valence-electron chi connectivity index (χ2n) is 5.81. The number of carbonyl (C=O) groups is 1. The number of nitriles is 1.